The molecule has 1 unspecified atom stereocenters. The first-order chi connectivity index (χ1) is 10.1. The van der Waals surface area contributed by atoms with Gasteiger partial charge in [0.1, 0.15) is 0 Å². The summed E-state index contributed by atoms with van der Waals surface area (Å²) >= 11 is 6.03. The minimum absolute atomic E-state index is 0. The van der Waals surface area contributed by atoms with Crippen molar-refractivity contribution in [2.75, 3.05) is 44.2 Å². The molecule has 0 bridgehead atoms. The van der Waals surface area contributed by atoms with Crippen molar-refractivity contribution in [3.8, 4) is 0 Å². The number of hydrogen-bond donors (Lipinski definition) is 2. The Balaban J connectivity index is 0.00000242. The average molecular weight is 347 g/mol. The fourth-order valence-electron chi connectivity index (χ4n) is 2.40. The highest BCUT2D eigenvalue weighted by Gasteiger charge is 2.17. The Morgan fingerprint density at radius 2 is 2.05 bits per heavy atom. The van der Waals surface area contributed by atoms with Gasteiger partial charge in [0, 0.05) is 50.0 Å². The minimum Gasteiger partial charge on any atom is -0.369 e. The van der Waals surface area contributed by atoms with Crippen LogP contribution in [0.5, 0.6) is 0 Å². The number of piperazine rings is 1. The molecule has 0 aliphatic carbocycles. The molecule has 1 fully saturated rings. The summed E-state index contributed by atoms with van der Waals surface area (Å²) in [5.41, 5.74) is 6.68. The van der Waals surface area contributed by atoms with Crippen LogP contribution in [0, 0.1) is 0 Å². The maximum atomic E-state index is 11.4. The van der Waals surface area contributed by atoms with E-state index in [1.165, 1.54) is 5.69 Å². The van der Waals surface area contributed by atoms with Crippen LogP contribution in [0.1, 0.15) is 6.92 Å². The molecule has 0 spiro atoms. The zero-order valence-corrected chi connectivity index (χ0v) is 14.4. The van der Waals surface area contributed by atoms with Crippen LogP contribution in [0.4, 0.5) is 5.69 Å². The number of hydrogen-bond acceptors (Lipinski definition) is 4. The SMILES string of the molecule is CC(N)C(=O)NCCN1CCN(c2cccc(Cl)c2)CC1.Cl. The van der Waals surface area contributed by atoms with E-state index in [0.717, 1.165) is 37.7 Å². The van der Waals surface area contributed by atoms with E-state index >= 15 is 0 Å². The molecule has 3 N–H and O–H groups in total. The molecule has 22 heavy (non-hydrogen) atoms. The van der Waals surface area contributed by atoms with Gasteiger partial charge in [0.05, 0.1) is 6.04 Å². The Morgan fingerprint density at radius 3 is 2.64 bits per heavy atom. The highest BCUT2D eigenvalue weighted by atomic mass is 35.5. The number of nitrogens with two attached hydrogens (primary N) is 1. The number of halogens is 2. The lowest BCUT2D eigenvalue weighted by Gasteiger charge is -2.36. The third-order valence-corrected chi connectivity index (χ3v) is 3.92. The number of anilines is 1. The zero-order chi connectivity index (χ0) is 15.2. The molecule has 1 aromatic rings. The van der Waals surface area contributed by atoms with Gasteiger partial charge in [-0.2, -0.15) is 0 Å². The van der Waals surface area contributed by atoms with Crippen LogP contribution in [0.15, 0.2) is 24.3 Å². The summed E-state index contributed by atoms with van der Waals surface area (Å²) in [6, 6.07) is 7.52. The van der Waals surface area contributed by atoms with Crippen molar-refractivity contribution < 1.29 is 4.79 Å². The Labute approximate surface area is 143 Å². The molecule has 1 saturated heterocycles. The summed E-state index contributed by atoms with van der Waals surface area (Å²) in [6.45, 7) is 7.13. The van der Waals surface area contributed by atoms with Crippen LogP contribution in [0.25, 0.3) is 0 Å². The first-order valence-electron chi connectivity index (χ1n) is 7.32. The van der Waals surface area contributed by atoms with Crippen molar-refractivity contribution >= 4 is 35.6 Å². The van der Waals surface area contributed by atoms with Crippen LogP contribution in [0.3, 0.4) is 0 Å². The third kappa shape index (κ3) is 5.65. The van der Waals surface area contributed by atoms with Gasteiger partial charge in [-0.15, -0.1) is 12.4 Å². The molecule has 1 heterocycles. The molecule has 7 heteroatoms. The Morgan fingerprint density at radius 1 is 1.36 bits per heavy atom. The highest BCUT2D eigenvalue weighted by molar-refractivity contribution is 6.30. The van der Waals surface area contributed by atoms with Crippen LogP contribution >= 0.6 is 24.0 Å². The van der Waals surface area contributed by atoms with Crippen molar-refractivity contribution in [2.45, 2.75) is 13.0 Å². The normalized spacial score (nSPS) is 16.8. The number of benzene rings is 1. The predicted molar refractivity (Wildman–Crippen MR) is 94.0 cm³/mol. The summed E-state index contributed by atoms with van der Waals surface area (Å²) in [5, 5.41) is 3.61. The van der Waals surface area contributed by atoms with Crippen molar-refractivity contribution in [1.29, 1.82) is 0 Å². The number of carbonyl (C=O) groups is 1. The van der Waals surface area contributed by atoms with E-state index in [1.807, 2.05) is 18.2 Å². The molecular formula is C15H24Cl2N4O. The van der Waals surface area contributed by atoms with Crippen molar-refractivity contribution in [3.05, 3.63) is 29.3 Å². The topological polar surface area (TPSA) is 61.6 Å². The van der Waals surface area contributed by atoms with E-state index in [4.69, 9.17) is 17.3 Å². The van der Waals surface area contributed by atoms with Gasteiger partial charge in [-0.25, -0.2) is 0 Å². The monoisotopic (exact) mass is 346 g/mol. The number of amides is 1. The lowest BCUT2D eigenvalue weighted by atomic mass is 10.2. The van der Waals surface area contributed by atoms with E-state index in [-0.39, 0.29) is 18.3 Å². The first kappa shape index (κ1) is 19.0. The molecule has 124 valence electrons. The molecule has 5 nitrogen and oxygen atoms in total. The lowest BCUT2D eigenvalue weighted by molar-refractivity contribution is -0.122. The van der Waals surface area contributed by atoms with Gasteiger partial charge in [-0.3, -0.25) is 9.69 Å². The van der Waals surface area contributed by atoms with Gasteiger partial charge >= 0.3 is 0 Å². The van der Waals surface area contributed by atoms with E-state index in [9.17, 15) is 4.79 Å². The molecule has 0 saturated carbocycles. The second-order valence-corrected chi connectivity index (χ2v) is 5.82. The largest absolute Gasteiger partial charge is 0.369 e. The third-order valence-electron chi connectivity index (χ3n) is 3.69. The molecule has 0 radical (unpaired) electrons. The number of carbonyl (C=O) groups excluding carboxylic acids is 1. The summed E-state index contributed by atoms with van der Waals surface area (Å²) in [4.78, 5) is 16.1. The van der Waals surface area contributed by atoms with Gasteiger partial charge in [-0.05, 0) is 25.1 Å². The Bertz CT molecular complexity index is 476. The first-order valence-corrected chi connectivity index (χ1v) is 7.70. The summed E-state index contributed by atoms with van der Waals surface area (Å²) in [6.07, 6.45) is 0. The standard InChI is InChI=1S/C15H23ClN4O.ClH/c1-12(17)15(21)18-5-6-19-7-9-20(10-8-19)14-4-2-3-13(16)11-14;/h2-4,11-12H,5-10,17H2,1H3,(H,18,21);1H. The second kappa shape index (κ2) is 9.20. The quantitative estimate of drug-likeness (QED) is 0.844. The fraction of sp³-hybridized carbons (Fsp3) is 0.533. The van der Waals surface area contributed by atoms with Crippen LogP contribution in [-0.2, 0) is 4.79 Å². The molecule has 1 aromatic carbocycles. The number of nitrogens with one attached hydrogen (secondary N) is 1. The summed E-state index contributed by atoms with van der Waals surface area (Å²) in [7, 11) is 0. The van der Waals surface area contributed by atoms with Gasteiger partial charge in [-0.1, -0.05) is 17.7 Å². The fourth-order valence-corrected chi connectivity index (χ4v) is 2.59. The van der Waals surface area contributed by atoms with Gasteiger partial charge < -0.3 is 16.0 Å². The maximum Gasteiger partial charge on any atom is 0.236 e. The molecule has 2 rings (SSSR count). The molecule has 0 aromatic heterocycles. The average Bonchev–Trinajstić information content (AvgIpc) is 2.47. The second-order valence-electron chi connectivity index (χ2n) is 5.39. The number of rotatable bonds is 5. The van der Waals surface area contributed by atoms with Gasteiger partial charge in [0.15, 0.2) is 0 Å². The molecule has 1 aliphatic heterocycles. The van der Waals surface area contributed by atoms with Crippen molar-refractivity contribution in [1.82, 2.24) is 10.2 Å². The van der Waals surface area contributed by atoms with Crippen LogP contribution < -0.4 is 16.0 Å². The van der Waals surface area contributed by atoms with Gasteiger partial charge in [0.25, 0.3) is 0 Å². The van der Waals surface area contributed by atoms with E-state index in [2.05, 4.69) is 21.2 Å². The van der Waals surface area contributed by atoms with Crippen LogP contribution in [-0.4, -0.2) is 56.1 Å². The van der Waals surface area contributed by atoms with Crippen molar-refractivity contribution in [2.24, 2.45) is 5.73 Å². The van der Waals surface area contributed by atoms with Crippen LogP contribution in [0.2, 0.25) is 5.02 Å². The van der Waals surface area contributed by atoms with Crippen molar-refractivity contribution in [3.63, 3.8) is 0 Å². The zero-order valence-electron chi connectivity index (χ0n) is 12.8. The lowest BCUT2D eigenvalue weighted by Crippen LogP contribution is -2.49. The van der Waals surface area contributed by atoms with E-state index in [0.29, 0.717) is 6.54 Å². The molecule has 1 atom stereocenters. The van der Waals surface area contributed by atoms with E-state index < -0.39 is 6.04 Å². The summed E-state index contributed by atoms with van der Waals surface area (Å²) < 4.78 is 0. The molecule has 1 amide bonds. The van der Waals surface area contributed by atoms with E-state index in [1.54, 1.807) is 6.92 Å². The minimum atomic E-state index is -0.440. The summed E-state index contributed by atoms with van der Waals surface area (Å²) in [5.74, 6) is -0.0902. The van der Waals surface area contributed by atoms with Gasteiger partial charge in [0.2, 0.25) is 5.91 Å². The smallest absolute Gasteiger partial charge is 0.236 e. The Hall–Kier alpha value is -1.01. The highest BCUT2D eigenvalue weighted by Crippen LogP contribution is 2.20. The maximum absolute atomic E-state index is 11.4. The Kier molecular flexibility index (Phi) is 7.96. The predicted octanol–water partition coefficient (Wildman–Crippen LogP) is 1.35. The molecule has 1 aliphatic rings. The number of nitrogens with zero attached hydrogens (tertiary/aromatic N) is 2. The molecular weight excluding hydrogens is 323 g/mol.